The van der Waals surface area contributed by atoms with E-state index in [2.05, 4.69) is 20.3 Å². The van der Waals surface area contributed by atoms with Crippen LogP contribution in [0.1, 0.15) is 23.5 Å². The maximum Gasteiger partial charge on any atom is 0.258 e. The molecule has 0 fully saturated rings. The topological polar surface area (TPSA) is 87.7 Å². The second-order valence-electron chi connectivity index (χ2n) is 5.57. The quantitative estimate of drug-likeness (QED) is 0.751. The zero-order valence-electron chi connectivity index (χ0n) is 13.4. The first-order valence-electron chi connectivity index (χ1n) is 7.78. The molecule has 0 aliphatic carbocycles. The van der Waals surface area contributed by atoms with Gasteiger partial charge in [-0.1, -0.05) is 18.2 Å². The van der Waals surface area contributed by atoms with Gasteiger partial charge in [0.2, 0.25) is 5.91 Å². The summed E-state index contributed by atoms with van der Waals surface area (Å²) < 4.78 is 0. The lowest BCUT2D eigenvalue weighted by Crippen LogP contribution is -2.24. The van der Waals surface area contributed by atoms with Crippen molar-refractivity contribution in [2.75, 3.05) is 0 Å². The van der Waals surface area contributed by atoms with Gasteiger partial charge in [-0.3, -0.25) is 14.6 Å². The summed E-state index contributed by atoms with van der Waals surface area (Å²) in [5.41, 5.74) is 2.35. The fourth-order valence-electron chi connectivity index (χ4n) is 2.46. The average molecular weight is 322 g/mol. The normalized spacial score (nSPS) is 10.7. The highest BCUT2D eigenvalue weighted by Crippen LogP contribution is 2.07. The molecule has 0 bridgehead atoms. The summed E-state index contributed by atoms with van der Waals surface area (Å²) in [7, 11) is 0. The first kappa shape index (κ1) is 15.9. The van der Waals surface area contributed by atoms with Crippen molar-refractivity contribution < 1.29 is 4.79 Å². The van der Waals surface area contributed by atoms with Crippen molar-refractivity contribution in [3.63, 3.8) is 0 Å². The highest BCUT2D eigenvalue weighted by atomic mass is 16.1. The molecule has 2 N–H and O–H groups in total. The van der Waals surface area contributed by atoms with E-state index < -0.39 is 0 Å². The Morgan fingerprint density at radius 2 is 2.04 bits per heavy atom. The van der Waals surface area contributed by atoms with Crippen LogP contribution in [0.15, 0.2) is 47.4 Å². The molecular weight excluding hydrogens is 304 g/mol. The maximum absolute atomic E-state index is 12.0. The standard InChI is InChI=1S/C18H18N4O2/c1-12-5-4-10-19-15(12)11-20-17(23)9-8-16-21-14-7-3-2-6-13(14)18(24)22-16/h2-7,10H,8-9,11H2,1H3,(H,20,23)(H,21,22,24). The molecule has 0 aliphatic heterocycles. The van der Waals surface area contributed by atoms with Crippen LogP contribution in [0.3, 0.4) is 0 Å². The zero-order chi connectivity index (χ0) is 16.9. The lowest BCUT2D eigenvalue weighted by molar-refractivity contribution is -0.121. The molecular formula is C18H18N4O2. The molecule has 2 aromatic heterocycles. The van der Waals surface area contributed by atoms with Crippen molar-refractivity contribution in [1.29, 1.82) is 0 Å². The Balaban J connectivity index is 1.60. The Labute approximate surface area is 139 Å². The highest BCUT2D eigenvalue weighted by molar-refractivity contribution is 5.78. The van der Waals surface area contributed by atoms with Crippen molar-refractivity contribution in [3.8, 4) is 0 Å². The Morgan fingerprint density at radius 1 is 1.21 bits per heavy atom. The van der Waals surface area contributed by atoms with Crippen LogP contribution in [0.2, 0.25) is 0 Å². The summed E-state index contributed by atoms with van der Waals surface area (Å²) in [5.74, 6) is 0.415. The Kier molecular flexibility index (Phi) is 4.65. The molecule has 1 aromatic carbocycles. The number of aryl methyl sites for hydroxylation is 2. The zero-order valence-corrected chi connectivity index (χ0v) is 13.4. The molecule has 122 valence electrons. The molecule has 3 aromatic rings. The predicted molar refractivity (Wildman–Crippen MR) is 91.5 cm³/mol. The number of rotatable bonds is 5. The van der Waals surface area contributed by atoms with Gasteiger partial charge in [0.05, 0.1) is 23.1 Å². The number of pyridine rings is 1. The molecule has 0 saturated heterocycles. The highest BCUT2D eigenvalue weighted by Gasteiger charge is 2.07. The van der Waals surface area contributed by atoms with Crippen LogP contribution in [0.4, 0.5) is 0 Å². The van der Waals surface area contributed by atoms with Gasteiger partial charge in [0, 0.05) is 19.0 Å². The molecule has 0 radical (unpaired) electrons. The van der Waals surface area contributed by atoms with E-state index in [1.807, 2.05) is 25.1 Å². The first-order chi connectivity index (χ1) is 11.6. The number of aromatic amines is 1. The Bertz CT molecular complexity index is 933. The minimum atomic E-state index is -0.180. The van der Waals surface area contributed by atoms with Crippen LogP contribution >= 0.6 is 0 Å². The third kappa shape index (κ3) is 3.65. The SMILES string of the molecule is Cc1cccnc1CNC(=O)CCc1nc2ccccc2c(=O)[nH]1. The average Bonchev–Trinajstić information content (AvgIpc) is 2.59. The lowest BCUT2D eigenvalue weighted by Gasteiger charge is -2.07. The molecule has 0 saturated carbocycles. The summed E-state index contributed by atoms with van der Waals surface area (Å²) in [4.78, 5) is 35.3. The van der Waals surface area contributed by atoms with Crippen LogP contribution in [-0.4, -0.2) is 20.9 Å². The van der Waals surface area contributed by atoms with E-state index in [9.17, 15) is 9.59 Å². The second-order valence-corrected chi connectivity index (χ2v) is 5.57. The summed E-state index contributed by atoms with van der Waals surface area (Å²) in [6, 6.07) is 11.0. The number of carbonyl (C=O) groups is 1. The largest absolute Gasteiger partial charge is 0.350 e. The van der Waals surface area contributed by atoms with Crippen molar-refractivity contribution >= 4 is 16.8 Å². The van der Waals surface area contributed by atoms with Gasteiger partial charge in [0.25, 0.3) is 5.56 Å². The fourth-order valence-corrected chi connectivity index (χ4v) is 2.46. The number of nitrogens with zero attached hydrogens (tertiary/aromatic N) is 2. The van der Waals surface area contributed by atoms with Gasteiger partial charge in [-0.05, 0) is 30.7 Å². The number of nitrogens with one attached hydrogen (secondary N) is 2. The van der Waals surface area contributed by atoms with Crippen LogP contribution in [-0.2, 0) is 17.8 Å². The third-order valence-electron chi connectivity index (χ3n) is 3.82. The Morgan fingerprint density at radius 3 is 2.88 bits per heavy atom. The minimum absolute atomic E-state index is 0.101. The second kappa shape index (κ2) is 7.04. The predicted octanol–water partition coefficient (Wildman–Crippen LogP) is 1.88. The first-order valence-corrected chi connectivity index (χ1v) is 7.78. The van der Waals surface area contributed by atoms with Crippen LogP contribution in [0.5, 0.6) is 0 Å². The van der Waals surface area contributed by atoms with Gasteiger partial charge in [0.15, 0.2) is 0 Å². The number of hydrogen-bond acceptors (Lipinski definition) is 4. The van der Waals surface area contributed by atoms with Crippen LogP contribution < -0.4 is 10.9 Å². The van der Waals surface area contributed by atoms with Gasteiger partial charge in [-0.15, -0.1) is 0 Å². The molecule has 0 atom stereocenters. The molecule has 0 unspecified atom stereocenters. The molecule has 1 amide bonds. The van der Waals surface area contributed by atoms with E-state index in [4.69, 9.17) is 0 Å². The van der Waals surface area contributed by atoms with Gasteiger partial charge < -0.3 is 10.3 Å². The number of H-pyrrole nitrogens is 1. The summed E-state index contributed by atoms with van der Waals surface area (Å²) >= 11 is 0. The van der Waals surface area contributed by atoms with Crippen molar-refractivity contribution in [2.45, 2.75) is 26.3 Å². The van der Waals surface area contributed by atoms with E-state index in [0.29, 0.717) is 29.7 Å². The van der Waals surface area contributed by atoms with Gasteiger partial charge in [-0.25, -0.2) is 4.98 Å². The van der Waals surface area contributed by atoms with Crippen molar-refractivity contribution in [1.82, 2.24) is 20.3 Å². The van der Waals surface area contributed by atoms with E-state index in [0.717, 1.165) is 11.3 Å². The van der Waals surface area contributed by atoms with Gasteiger partial charge >= 0.3 is 0 Å². The molecule has 6 nitrogen and oxygen atoms in total. The number of amides is 1. The monoisotopic (exact) mass is 322 g/mol. The summed E-state index contributed by atoms with van der Waals surface area (Å²) in [5, 5.41) is 3.39. The van der Waals surface area contributed by atoms with E-state index >= 15 is 0 Å². The van der Waals surface area contributed by atoms with E-state index in [1.54, 1.807) is 24.4 Å². The number of para-hydroxylation sites is 1. The van der Waals surface area contributed by atoms with E-state index in [1.165, 1.54) is 0 Å². The molecule has 0 spiro atoms. The fraction of sp³-hybridized carbons (Fsp3) is 0.222. The van der Waals surface area contributed by atoms with Gasteiger partial charge in [-0.2, -0.15) is 0 Å². The van der Waals surface area contributed by atoms with Crippen molar-refractivity contribution in [3.05, 3.63) is 70.0 Å². The molecule has 0 aliphatic rings. The third-order valence-corrected chi connectivity index (χ3v) is 3.82. The number of hydrogen-bond donors (Lipinski definition) is 2. The number of aromatic nitrogens is 3. The molecule has 24 heavy (non-hydrogen) atoms. The summed E-state index contributed by atoms with van der Waals surface area (Å²) in [6.45, 7) is 2.35. The molecule has 6 heteroatoms. The van der Waals surface area contributed by atoms with Gasteiger partial charge in [0.1, 0.15) is 5.82 Å². The molecule has 3 rings (SSSR count). The number of carbonyl (C=O) groups excluding carboxylic acids is 1. The van der Waals surface area contributed by atoms with Crippen LogP contribution in [0, 0.1) is 6.92 Å². The number of fused-ring (bicyclic) bond motifs is 1. The number of benzene rings is 1. The lowest BCUT2D eigenvalue weighted by atomic mass is 10.2. The summed E-state index contributed by atoms with van der Waals surface area (Å²) in [6.07, 6.45) is 2.35. The van der Waals surface area contributed by atoms with Crippen molar-refractivity contribution in [2.24, 2.45) is 0 Å². The van der Waals surface area contributed by atoms with Crippen LogP contribution in [0.25, 0.3) is 10.9 Å². The Hall–Kier alpha value is -3.02. The maximum atomic E-state index is 12.0. The van der Waals surface area contributed by atoms with E-state index in [-0.39, 0.29) is 17.9 Å². The molecule has 2 heterocycles. The smallest absolute Gasteiger partial charge is 0.258 e. The minimum Gasteiger partial charge on any atom is -0.350 e.